The van der Waals surface area contributed by atoms with Crippen molar-refractivity contribution in [3.8, 4) is 0 Å². The van der Waals surface area contributed by atoms with E-state index in [4.69, 9.17) is 39.9 Å². The minimum absolute atomic E-state index is 0. The molecule has 0 heterocycles. The van der Waals surface area contributed by atoms with Gasteiger partial charge in [-0.05, 0) is 33.6 Å². The predicted octanol–water partition coefficient (Wildman–Crippen LogP) is -1.99. The average Bonchev–Trinajstić information content (AvgIpc) is 1.41. The third-order valence-electron chi connectivity index (χ3n) is 0. The second-order valence-corrected chi connectivity index (χ2v) is 7.64. The molecule has 0 bridgehead atoms. The van der Waals surface area contributed by atoms with Crippen LogP contribution in [0.3, 0.4) is 0 Å². The average molecular weight is 536 g/mol. The maximum absolute atomic E-state index is 9.00. The third-order valence-corrected chi connectivity index (χ3v) is 0. The van der Waals surface area contributed by atoms with Crippen molar-refractivity contribution in [1.29, 1.82) is 0 Å². The molecule has 16 heavy (non-hydrogen) atoms. The van der Waals surface area contributed by atoms with Crippen LogP contribution in [0.25, 0.3) is 0 Å². The van der Waals surface area contributed by atoms with Crippen molar-refractivity contribution < 1.29 is 62.3 Å². The van der Waals surface area contributed by atoms with E-state index in [2.05, 4.69) is 33.6 Å². The summed E-state index contributed by atoms with van der Waals surface area (Å²) >= 11 is 10.1. The van der Waals surface area contributed by atoms with E-state index < -0.39 is 27.2 Å². The van der Waals surface area contributed by atoms with Crippen LogP contribution in [-0.2, 0) is 83.1 Å². The van der Waals surface area contributed by atoms with Crippen molar-refractivity contribution in [3.63, 3.8) is 0 Å². The maximum Gasteiger partial charge on any atom is 3.00 e. The van der Waals surface area contributed by atoms with Gasteiger partial charge in [-0.1, -0.05) is 0 Å². The summed E-state index contributed by atoms with van der Waals surface area (Å²) < 4.78 is 75.9. The largest absolute Gasteiger partial charge is 3.00 e. The van der Waals surface area contributed by atoms with Crippen molar-refractivity contribution >= 4 is 60.7 Å². The van der Waals surface area contributed by atoms with Gasteiger partial charge in [0.2, 0.25) is 0 Å². The minimum Gasteiger partial charge on any atom is -0.748 e. The normalized spacial score (nSPS) is 19.9. The zero-order valence-corrected chi connectivity index (χ0v) is 13.6. The quantitative estimate of drug-likeness (QED) is 0.290. The van der Waals surface area contributed by atoms with Crippen LogP contribution >= 0.6 is 0 Å². The summed E-state index contributed by atoms with van der Waals surface area (Å²) in [5, 5.41) is 0. The molecule has 0 spiro atoms. The summed E-state index contributed by atoms with van der Waals surface area (Å²) in [6, 6.07) is 0. The predicted molar refractivity (Wildman–Crippen MR) is 56.7 cm³/mol. The molecule has 0 amide bonds. The Balaban J connectivity index is -0.0000000655. The Labute approximate surface area is 122 Å². The summed E-state index contributed by atoms with van der Waals surface area (Å²) in [4.78, 5) is 0. The van der Waals surface area contributed by atoms with E-state index in [-0.39, 0.29) is 22.4 Å². The Bertz CT molecular complexity index is 341. The van der Waals surface area contributed by atoms with Gasteiger partial charge in [-0.2, -0.15) is 0 Å². The molecule has 0 aliphatic rings. The Morgan fingerprint density at radius 3 is 0.688 bits per heavy atom. The number of hydrogen-bond acceptors (Lipinski definition) is 9. The first-order chi connectivity index (χ1) is 6.00. The molecule has 0 aromatic carbocycles. The van der Waals surface area contributed by atoms with Gasteiger partial charge in [0.25, 0.3) is 0 Å². The van der Waals surface area contributed by atoms with E-state index >= 15 is 0 Å². The van der Waals surface area contributed by atoms with Crippen LogP contribution in [-0.4, -0.2) is 39.9 Å². The van der Waals surface area contributed by atoms with Crippen LogP contribution in [0.5, 0.6) is 0 Å². The molecular weight excluding hydrogens is 533 g/mol. The Kier molecular flexibility index (Phi) is 17.3. The SMILES string of the molecule is O=S([O-])(O)=S.O=S([O-])(O)=S.O=S([O-])(O)=S.[Au+3]. The molecule has 0 fully saturated rings. The van der Waals surface area contributed by atoms with Gasteiger partial charge in [-0.15, -0.1) is 0 Å². The van der Waals surface area contributed by atoms with Crippen LogP contribution in [0.15, 0.2) is 0 Å². The van der Waals surface area contributed by atoms with Crippen molar-refractivity contribution in [2.24, 2.45) is 0 Å². The first-order valence-electron chi connectivity index (χ1n) is 2.05. The summed E-state index contributed by atoms with van der Waals surface area (Å²) in [7, 11) is -12.2. The fourth-order valence-corrected chi connectivity index (χ4v) is 0. The van der Waals surface area contributed by atoms with E-state index in [1.165, 1.54) is 0 Å². The summed E-state index contributed by atoms with van der Waals surface area (Å²) in [5.74, 6) is 0. The molecule has 0 saturated heterocycles. The van der Waals surface area contributed by atoms with E-state index in [0.717, 1.165) is 0 Å². The van der Waals surface area contributed by atoms with Gasteiger partial charge in [0.05, 0.1) is 27.2 Å². The Hall–Kier alpha value is 1.61. The third kappa shape index (κ3) is 1290. The van der Waals surface area contributed by atoms with E-state index in [9.17, 15) is 0 Å². The van der Waals surface area contributed by atoms with E-state index in [1.807, 2.05) is 0 Å². The standard InChI is InChI=1S/Au.3H2O3S2/c;3*1-5(2,3)4/h;3*(H2,1,2,3,4)/q+3;;;/p-3. The molecule has 3 atom stereocenters. The molecule has 104 valence electrons. The first kappa shape index (κ1) is 26.2. The van der Waals surface area contributed by atoms with Crippen LogP contribution < -0.4 is 0 Å². The van der Waals surface area contributed by atoms with Crippen LogP contribution in [0.4, 0.5) is 0 Å². The molecule has 0 aromatic rings. The molecule has 0 rings (SSSR count). The number of hydrogen-bond donors (Lipinski definition) is 3. The zero-order chi connectivity index (χ0) is 13.5. The topological polar surface area (TPSA) is 181 Å². The maximum atomic E-state index is 9.00. The van der Waals surface area contributed by atoms with Crippen molar-refractivity contribution in [3.05, 3.63) is 0 Å². The van der Waals surface area contributed by atoms with Gasteiger partial charge < -0.3 is 27.3 Å². The van der Waals surface area contributed by atoms with Gasteiger partial charge in [0.15, 0.2) is 0 Å². The fraction of sp³-hybridized carbons (Fsp3) is 0. The summed E-state index contributed by atoms with van der Waals surface area (Å²) in [6.07, 6.45) is 0. The Morgan fingerprint density at radius 1 is 0.688 bits per heavy atom. The summed E-state index contributed by atoms with van der Waals surface area (Å²) in [5.41, 5.74) is 0. The number of rotatable bonds is 0. The van der Waals surface area contributed by atoms with Crippen LogP contribution in [0.2, 0.25) is 0 Å². The molecular formula is H3AuO9S6. The molecule has 9 nitrogen and oxygen atoms in total. The van der Waals surface area contributed by atoms with Gasteiger partial charge in [0.1, 0.15) is 0 Å². The van der Waals surface area contributed by atoms with E-state index in [0.29, 0.717) is 0 Å². The second kappa shape index (κ2) is 10.5. The molecule has 16 heteroatoms. The fourth-order valence-electron chi connectivity index (χ4n) is 0. The van der Waals surface area contributed by atoms with E-state index in [1.54, 1.807) is 0 Å². The van der Waals surface area contributed by atoms with Crippen molar-refractivity contribution in [2.75, 3.05) is 0 Å². The molecule has 0 aliphatic carbocycles. The van der Waals surface area contributed by atoms with Gasteiger partial charge in [0, 0.05) is 0 Å². The monoisotopic (exact) mass is 536 g/mol. The molecule has 3 unspecified atom stereocenters. The second-order valence-electron chi connectivity index (χ2n) is 1.28. The van der Waals surface area contributed by atoms with Crippen molar-refractivity contribution in [1.82, 2.24) is 0 Å². The zero-order valence-electron chi connectivity index (χ0n) is 6.54. The first-order valence-corrected chi connectivity index (χ1v) is 9.14. The Morgan fingerprint density at radius 2 is 0.688 bits per heavy atom. The molecule has 3 N–H and O–H groups in total. The smallest absolute Gasteiger partial charge is 0.748 e. The minimum atomic E-state index is -4.08. The van der Waals surface area contributed by atoms with Gasteiger partial charge >= 0.3 is 22.4 Å². The molecule has 0 saturated carbocycles. The van der Waals surface area contributed by atoms with Crippen LogP contribution in [0, 0.1) is 0 Å². The van der Waals surface area contributed by atoms with Gasteiger partial charge in [-0.3, -0.25) is 0 Å². The molecule has 0 radical (unpaired) electrons. The molecule has 0 aromatic heterocycles. The van der Waals surface area contributed by atoms with Crippen molar-refractivity contribution in [2.45, 2.75) is 0 Å². The molecule has 0 aliphatic heterocycles. The van der Waals surface area contributed by atoms with Crippen LogP contribution in [0.1, 0.15) is 0 Å². The van der Waals surface area contributed by atoms with Gasteiger partial charge in [-0.25, -0.2) is 12.6 Å². The summed E-state index contributed by atoms with van der Waals surface area (Å²) in [6.45, 7) is 0.